The second kappa shape index (κ2) is 6.60. The van der Waals surface area contributed by atoms with Crippen LogP contribution < -0.4 is 10.6 Å². The predicted molar refractivity (Wildman–Crippen MR) is 89.6 cm³/mol. The SMILES string of the molecule is C[C@]1(c2ccccc2Cl)NC(=O)N(CC(=O)NCc2ccco2)C1=O. The van der Waals surface area contributed by atoms with Gasteiger partial charge in [0.2, 0.25) is 5.91 Å². The lowest BCUT2D eigenvalue weighted by Crippen LogP contribution is -2.43. The van der Waals surface area contributed by atoms with Gasteiger partial charge in [0.05, 0.1) is 12.8 Å². The molecule has 3 rings (SSSR count). The van der Waals surface area contributed by atoms with Gasteiger partial charge in [0, 0.05) is 10.6 Å². The first-order chi connectivity index (χ1) is 11.9. The van der Waals surface area contributed by atoms with Crippen molar-refractivity contribution >= 4 is 29.4 Å². The molecule has 25 heavy (non-hydrogen) atoms. The maximum absolute atomic E-state index is 12.7. The van der Waals surface area contributed by atoms with E-state index in [1.54, 1.807) is 43.3 Å². The number of imide groups is 1. The van der Waals surface area contributed by atoms with E-state index in [-0.39, 0.29) is 13.1 Å². The fraction of sp³-hybridized carbons (Fsp3) is 0.235. The first-order valence-corrected chi connectivity index (χ1v) is 7.98. The van der Waals surface area contributed by atoms with Crippen LogP contribution in [-0.4, -0.2) is 29.3 Å². The number of carbonyl (C=O) groups is 3. The van der Waals surface area contributed by atoms with Crippen molar-refractivity contribution in [3.63, 3.8) is 0 Å². The van der Waals surface area contributed by atoms with Gasteiger partial charge in [0.1, 0.15) is 17.8 Å². The number of nitrogens with one attached hydrogen (secondary N) is 2. The quantitative estimate of drug-likeness (QED) is 0.797. The number of benzene rings is 1. The first-order valence-electron chi connectivity index (χ1n) is 7.60. The molecule has 1 atom stereocenters. The highest BCUT2D eigenvalue weighted by molar-refractivity contribution is 6.32. The lowest BCUT2D eigenvalue weighted by atomic mass is 9.92. The summed E-state index contributed by atoms with van der Waals surface area (Å²) >= 11 is 6.16. The summed E-state index contributed by atoms with van der Waals surface area (Å²) in [4.78, 5) is 37.9. The Morgan fingerprint density at radius 1 is 1.28 bits per heavy atom. The average Bonchev–Trinajstić information content (AvgIpc) is 3.17. The molecule has 0 bridgehead atoms. The van der Waals surface area contributed by atoms with Gasteiger partial charge in [-0.25, -0.2) is 4.79 Å². The van der Waals surface area contributed by atoms with Crippen LogP contribution in [-0.2, 0) is 21.7 Å². The van der Waals surface area contributed by atoms with Crippen molar-refractivity contribution in [3.8, 4) is 0 Å². The van der Waals surface area contributed by atoms with Crippen LogP contribution in [0.3, 0.4) is 0 Å². The summed E-state index contributed by atoms with van der Waals surface area (Å²) in [6.45, 7) is 1.36. The van der Waals surface area contributed by atoms with Gasteiger partial charge >= 0.3 is 6.03 Å². The van der Waals surface area contributed by atoms with E-state index in [0.29, 0.717) is 16.3 Å². The molecule has 0 unspecified atom stereocenters. The monoisotopic (exact) mass is 361 g/mol. The lowest BCUT2D eigenvalue weighted by Gasteiger charge is -2.23. The number of nitrogens with zero attached hydrogens (tertiary/aromatic N) is 1. The van der Waals surface area contributed by atoms with Crippen LogP contribution in [0, 0.1) is 0 Å². The first kappa shape index (κ1) is 17.0. The summed E-state index contributed by atoms with van der Waals surface area (Å²) in [6.07, 6.45) is 1.49. The molecule has 1 aliphatic rings. The molecular formula is C17H16ClN3O4. The molecule has 0 radical (unpaired) electrons. The predicted octanol–water partition coefficient (Wildman–Crippen LogP) is 2.02. The molecule has 130 valence electrons. The molecule has 1 aliphatic heterocycles. The Kier molecular flexibility index (Phi) is 4.50. The number of hydrogen-bond donors (Lipinski definition) is 2. The number of carbonyl (C=O) groups excluding carboxylic acids is 3. The standard InChI is InChI=1S/C17H16ClN3O4/c1-17(12-6-2-3-7-13(12)18)15(23)21(16(24)20-17)10-14(22)19-9-11-5-4-8-25-11/h2-8H,9-10H2,1H3,(H,19,22)(H,20,24)/t17-/m1/s1. The maximum Gasteiger partial charge on any atom is 0.325 e. The minimum absolute atomic E-state index is 0.178. The Hall–Kier alpha value is -2.80. The van der Waals surface area contributed by atoms with Gasteiger partial charge in [-0.1, -0.05) is 29.8 Å². The van der Waals surface area contributed by atoms with E-state index in [2.05, 4.69) is 10.6 Å². The third-order valence-electron chi connectivity index (χ3n) is 4.03. The summed E-state index contributed by atoms with van der Waals surface area (Å²) in [7, 11) is 0. The van der Waals surface area contributed by atoms with E-state index in [4.69, 9.17) is 16.0 Å². The molecule has 4 amide bonds. The van der Waals surface area contributed by atoms with E-state index in [1.807, 2.05) is 0 Å². The number of furan rings is 1. The van der Waals surface area contributed by atoms with Gasteiger partial charge < -0.3 is 15.1 Å². The minimum Gasteiger partial charge on any atom is -0.467 e. The Bertz CT molecular complexity index is 821. The molecule has 1 fully saturated rings. The van der Waals surface area contributed by atoms with Crippen molar-refractivity contribution in [1.82, 2.24) is 15.5 Å². The fourth-order valence-corrected chi connectivity index (χ4v) is 3.01. The average molecular weight is 362 g/mol. The van der Waals surface area contributed by atoms with Crippen LogP contribution in [0.25, 0.3) is 0 Å². The molecule has 2 N–H and O–H groups in total. The fourth-order valence-electron chi connectivity index (χ4n) is 2.69. The van der Waals surface area contributed by atoms with Gasteiger partial charge in [0.25, 0.3) is 5.91 Å². The molecule has 0 aliphatic carbocycles. The van der Waals surface area contributed by atoms with E-state index in [1.165, 1.54) is 6.26 Å². The summed E-state index contributed by atoms with van der Waals surface area (Å²) in [5.41, 5.74) is -0.829. The molecule has 1 aromatic heterocycles. The van der Waals surface area contributed by atoms with Crippen LogP contribution in [0.15, 0.2) is 47.1 Å². The zero-order valence-electron chi connectivity index (χ0n) is 13.4. The van der Waals surface area contributed by atoms with Gasteiger partial charge in [-0.05, 0) is 25.1 Å². The molecule has 2 heterocycles. The van der Waals surface area contributed by atoms with Crippen LogP contribution in [0.2, 0.25) is 5.02 Å². The minimum atomic E-state index is -1.31. The Morgan fingerprint density at radius 3 is 2.72 bits per heavy atom. The lowest BCUT2D eigenvalue weighted by molar-refractivity contribution is -0.134. The van der Waals surface area contributed by atoms with Crippen molar-refractivity contribution < 1.29 is 18.8 Å². The topological polar surface area (TPSA) is 91.7 Å². The molecule has 0 saturated carbocycles. The molecule has 1 aromatic carbocycles. The molecule has 1 saturated heterocycles. The molecule has 8 heteroatoms. The molecule has 7 nitrogen and oxygen atoms in total. The van der Waals surface area contributed by atoms with Crippen LogP contribution >= 0.6 is 11.6 Å². The van der Waals surface area contributed by atoms with Crippen LogP contribution in [0.4, 0.5) is 4.79 Å². The van der Waals surface area contributed by atoms with Crippen molar-refractivity contribution in [3.05, 3.63) is 59.0 Å². The molecule has 0 spiro atoms. The summed E-state index contributed by atoms with van der Waals surface area (Å²) in [5, 5.41) is 5.58. The summed E-state index contributed by atoms with van der Waals surface area (Å²) < 4.78 is 5.11. The van der Waals surface area contributed by atoms with Crippen molar-refractivity contribution in [2.75, 3.05) is 6.54 Å². The second-order valence-corrected chi connectivity index (χ2v) is 6.19. The Balaban J connectivity index is 1.71. The van der Waals surface area contributed by atoms with Crippen LogP contribution in [0.1, 0.15) is 18.2 Å². The van der Waals surface area contributed by atoms with Gasteiger partial charge in [-0.3, -0.25) is 14.5 Å². The molecular weight excluding hydrogens is 346 g/mol. The van der Waals surface area contributed by atoms with E-state index in [0.717, 1.165) is 4.90 Å². The van der Waals surface area contributed by atoms with E-state index in [9.17, 15) is 14.4 Å². The third kappa shape index (κ3) is 3.23. The van der Waals surface area contributed by atoms with Crippen LogP contribution in [0.5, 0.6) is 0 Å². The Labute approximate surface area is 148 Å². The van der Waals surface area contributed by atoms with Crippen molar-refractivity contribution in [2.24, 2.45) is 0 Å². The summed E-state index contributed by atoms with van der Waals surface area (Å²) in [5.74, 6) is -0.423. The smallest absolute Gasteiger partial charge is 0.325 e. The number of rotatable bonds is 5. The van der Waals surface area contributed by atoms with Gasteiger partial charge in [-0.15, -0.1) is 0 Å². The number of amides is 4. The van der Waals surface area contributed by atoms with Crippen molar-refractivity contribution in [2.45, 2.75) is 19.0 Å². The molecule has 2 aromatic rings. The number of urea groups is 1. The van der Waals surface area contributed by atoms with Gasteiger partial charge in [0.15, 0.2) is 0 Å². The van der Waals surface area contributed by atoms with Gasteiger partial charge in [-0.2, -0.15) is 0 Å². The normalized spacial score (nSPS) is 19.8. The highest BCUT2D eigenvalue weighted by atomic mass is 35.5. The van der Waals surface area contributed by atoms with E-state index < -0.39 is 23.4 Å². The van der Waals surface area contributed by atoms with E-state index >= 15 is 0 Å². The Morgan fingerprint density at radius 2 is 2.04 bits per heavy atom. The zero-order chi connectivity index (χ0) is 18.0. The summed E-state index contributed by atoms with van der Waals surface area (Å²) in [6, 6.07) is 9.54. The zero-order valence-corrected chi connectivity index (χ0v) is 14.2. The maximum atomic E-state index is 12.7. The second-order valence-electron chi connectivity index (χ2n) is 5.78. The third-order valence-corrected chi connectivity index (χ3v) is 4.36. The number of halogens is 1. The highest BCUT2D eigenvalue weighted by Gasteiger charge is 2.50. The van der Waals surface area contributed by atoms with Crippen molar-refractivity contribution in [1.29, 1.82) is 0 Å². The number of hydrogen-bond acceptors (Lipinski definition) is 4. The largest absolute Gasteiger partial charge is 0.467 e. The highest BCUT2D eigenvalue weighted by Crippen LogP contribution is 2.33.